The van der Waals surface area contributed by atoms with Crippen LogP contribution in [0.1, 0.15) is 29.3 Å². The smallest absolute Gasteiger partial charge is 0.207 e. The molecule has 1 aromatic heterocycles. The Morgan fingerprint density at radius 3 is 2.80 bits per heavy atom. The number of nitrogens with zero attached hydrogens (tertiary/aromatic N) is 1. The van der Waals surface area contributed by atoms with E-state index in [-0.39, 0.29) is 6.04 Å². The number of rotatable bonds is 3. The first-order valence-corrected chi connectivity index (χ1v) is 9.03. The molecule has 1 saturated heterocycles. The van der Waals surface area contributed by atoms with E-state index in [1.165, 1.54) is 0 Å². The second-order valence-electron chi connectivity index (χ2n) is 5.11. The van der Waals surface area contributed by atoms with Crippen molar-refractivity contribution in [1.29, 1.82) is 0 Å². The fourth-order valence-electron chi connectivity index (χ4n) is 2.70. The van der Waals surface area contributed by atoms with Gasteiger partial charge in [-0.2, -0.15) is 4.31 Å². The summed E-state index contributed by atoms with van der Waals surface area (Å²) in [5, 5.41) is 2.01. The maximum absolute atomic E-state index is 12.8. The summed E-state index contributed by atoms with van der Waals surface area (Å²) in [6.45, 7) is 2.53. The van der Waals surface area contributed by atoms with Gasteiger partial charge in [-0.05, 0) is 48.9 Å². The number of hydrogen-bond donors (Lipinski definition) is 0. The summed E-state index contributed by atoms with van der Waals surface area (Å²) < 4.78 is 27.3. The zero-order valence-electron chi connectivity index (χ0n) is 11.3. The van der Waals surface area contributed by atoms with Crippen LogP contribution >= 0.6 is 11.3 Å². The summed E-state index contributed by atoms with van der Waals surface area (Å²) in [5.74, 6) is 0. The third kappa shape index (κ3) is 2.41. The van der Waals surface area contributed by atoms with Gasteiger partial charge in [0.1, 0.15) is 0 Å². The van der Waals surface area contributed by atoms with Crippen LogP contribution in [0, 0.1) is 6.92 Å². The Balaban J connectivity index is 1.98. The summed E-state index contributed by atoms with van der Waals surface area (Å²) in [5.41, 5.74) is 0.970. The van der Waals surface area contributed by atoms with E-state index < -0.39 is 10.0 Å². The van der Waals surface area contributed by atoms with Gasteiger partial charge in [0.15, 0.2) is 0 Å². The summed E-state index contributed by atoms with van der Waals surface area (Å²) in [7, 11) is -3.40. The molecule has 0 radical (unpaired) electrons. The standard InChI is InChI=1S/C15H17NO2S2/c1-12-5-2-6-13(11-12)20(17,18)16-9-3-7-14(16)15-8-4-10-19-15/h2,4-6,8,10-11,14H,3,7,9H2,1H3. The van der Waals surface area contributed by atoms with Crippen LogP contribution in [-0.4, -0.2) is 19.3 Å². The molecule has 0 N–H and O–H groups in total. The molecule has 5 heteroatoms. The van der Waals surface area contributed by atoms with Crippen LogP contribution in [0.2, 0.25) is 0 Å². The van der Waals surface area contributed by atoms with Crippen LogP contribution in [-0.2, 0) is 10.0 Å². The van der Waals surface area contributed by atoms with Crippen LogP contribution < -0.4 is 0 Å². The van der Waals surface area contributed by atoms with Gasteiger partial charge in [0, 0.05) is 11.4 Å². The zero-order chi connectivity index (χ0) is 14.2. The minimum absolute atomic E-state index is 0.000474. The highest BCUT2D eigenvalue weighted by atomic mass is 32.2. The number of thiophene rings is 1. The summed E-state index contributed by atoms with van der Waals surface area (Å²) in [4.78, 5) is 1.54. The molecule has 2 heterocycles. The lowest BCUT2D eigenvalue weighted by Gasteiger charge is -2.23. The summed E-state index contributed by atoms with van der Waals surface area (Å²) in [6.07, 6.45) is 1.83. The fraction of sp³-hybridized carbons (Fsp3) is 0.333. The Morgan fingerprint density at radius 1 is 1.25 bits per heavy atom. The van der Waals surface area contributed by atoms with E-state index in [1.54, 1.807) is 33.8 Å². The first kappa shape index (κ1) is 13.8. The van der Waals surface area contributed by atoms with Crippen LogP contribution in [0.4, 0.5) is 0 Å². The molecule has 3 rings (SSSR count). The third-order valence-electron chi connectivity index (χ3n) is 3.67. The topological polar surface area (TPSA) is 37.4 Å². The van der Waals surface area contributed by atoms with E-state index >= 15 is 0 Å². The number of benzene rings is 1. The first-order chi connectivity index (χ1) is 9.59. The maximum atomic E-state index is 12.8. The SMILES string of the molecule is Cc1cccc(S(=O)(=O)N2CCCC2c2cccs2)c1. The molecule has 2 aromatic rings. The molecular formula is C15H17NO2S2. The Kier molecular flexibility index (Phi) is 3.67. The summed E-state index contributed by atoms with van der Waals surface area (Å²) in [6, 6.07) is 11.2. The normalized spacial score (nSPS) is 20.4. The maximum Gasteiger partial charge on any atom is 0.243 e. The van der Waals surface area contributed by atoms with Gasteiger partial charge in [0.25, 0.3) is 0 Å². The number of hydrogen-bond acceptors (Lipinski definition) is 3. The van der Waals surface area contributed by atoms with E-state index in [0.717, 1.165) is 23.3 Å². The molecule has 1 atom stereocenters. The first-order valence-electron chi connectivity index (χ1n) is 6.71. The average Bonchev–Trinajstić information content (AvgIpc) is 3.09. The molecule has 1 aliphatic heterocycles. The van der Waals surface area contributed by atoms with Gasteiger partial charge >= 0.3 is 0 Å². The van der Waals surface area contributed by atoms with E-state index in [0.29, 0.717) is 11.4 Å². The lowest BCUT2D eigenvalue weighted by Crippen LogP contribution is -2.30. The Bertz CT molecular complexity index is 692. The van der Waals surface area contributed by atoms with Gasteiger partial charge in [-0.1, -0.05) is 18.2 Å². The van der Waals surface area contributed by atoms with Gasteiger partial charge in [-0.25, -0.2) is 8.42 Å². The quantitative estimate of drug-likeness (QED) is 0.869. The molecule has 106 valence electrons. The molecule has 1 unspecified atom stereocenters. The molecule has 0 amide bonds. The second kappa shape index (κ2) is 5.31. The van der Waals surface area contributed by atoms with Crippen LogP contribution in [0.25, 0.3) is 0 Å². The minimum Gasteiger partial charge on any atom is -0.207 e. The fourth-order valence-corrected chi connectivity index (χ4v) is 5.42. The zero-order valence-corrected chi connectivity index (χ0v) is 13.0. The lowest BCUT2D eigenvalue weighted by molar-refractivity contribution is 0.401. The van der Waals surface area contributed by atoms with Gasteiger partial charge in [-0.3, -0.25) is 0 Å². The lowest BCUT2D eigenvalue weighted by atomic mass is 10.2. The van der Waals surface area contributed by atoms with Crippen molar-refractivity contribution >= 4 is 21.4 Å². The Hall–Kier alpha value is -1.17. The van der Waals surface area contributed by atoms with Crippen molar-refractivity contribution in [3.05, 3.63) is 52.2 Å². The van der Waals surface area contributed by atoms with Crippen molar-refractivity contribution in [3.63, 3.8) is 0 Å². The largest absolute Gasteiger partial charge is 0.243 e. The van der Waals surface area contributed by atoms with Crippen molar-refractivity contribution in [2.75, 3.05) is 6.54 Å². The Labute approximate surface area is 123 Å². The van der Waals surface area contributed by atoms with E-state index in [9.17, 15) is 8.42 Å². The van der Waals surface area contributed by atoms with E-state index in [1.807, 2.05) is 30.5 Å². The van der Waals surface area contributed by atoms with Gasteiger partial charge in [-0.15, -0.1) is 11.3 Å². The molecule has 0 spiro atoms. The van der Waals surface area contributed by atoms with Crippen molar-refractivity contribution in [2.45, 2.75) is 30.7 Å². The van der Waals surface area contributed by atoms with E-state index in [2.05, 4.69) is 0 Å². The molecular weight excluding hydrogens is 290 g/mol. The molecule has 1 aliphatic rings. The highest BCUT2D eigenvalue weighted by Gasteiger charge is 2.36. The van der Waals surface area contributed by atoms with Crippen molar-refractivity contribution in [1.82, 2.24) is 4.31 Å². The highest BCUT2D eigenvalue weighted by molar-refractivity contribution is 7.89. The summed E-state index contributed by atoms with van der Waals surface area (Å²) >= 11 is 1.63. The highest BCUT2D eigenvalue weighted by Crippen LogP contribution is 2.38. The van der Waals surface area contributed by atoms with E-state index in [4.69, 9.17) is 0 Å². The van der Waals surface area contributed by atoms with Crippen LogP contribution in [0.3, 0.4) is 0 Å². The van der Waals surface area contributed by atoms with Crippen LogP contribution in [0.15, 0.2) is 46.7 Å². The monoisotopic (exact) mass is 307 g/mol. The van der Waals surface area contributed by atoms with Crippen LogP contribution in [0.5, 0.6) is 0 Å². The average molecular weight is 307 g/mol. The van der Waals surface area contributed by atoms with Crippen molar-refractivity contribution in [2.24, 2.45) is 0 Å². The minimum atomic E-state index is -3.40. The van der Waals surface area contributed by atoms with Gasteiger partial charge in [0.05, 0.1) is 10.9 Å². The molecule has 0 saturated carbocycles. The van der Waals surface area contributed by atoms with Crippen molar-refractivity contribution < 1.29 is 8.42 Å². The predicted octanol–water partition coefficient (Wildman–Crippen LogP) is 3.58. The molecule has 20 heavy (non-hydrogen) atoms. The number of aryl methyl sites for hydroxylation is 1. The third-order valence-corrected chi connectivity index (χ3v) is 6.55. The van der Waals surface area contributed by atoms with Gasteiger partial charge in [0.2, 0.25) is 10.0 Å². The molecule has 1 aromatic carbocycles. The number of sulfonamides is 1. The molecule has 1 fully saturated rings. The second-order valence-corrected chi connectivity index (χ2v) is 7.98. The van der Waals surface area contributed by atoms with Crippen molar-refractivity contribution in [3.8, 4) is 0 Å². The predicted molar refractivity (Wildman–Crippen MR) is 81.4 cm³/mol. The van der Waals surface area contributed by atoms with Gasteiger partial charge < -0.3 is 0 Å². The molecule has 0 aliphatic carbocycles. The Morgan fingerprint density at radius 2 is 2.10 bits per heavy atom. The molecule has 3 nitrogen and oxygen atoms in total. The molecule has 0 bridgehead atoms.